The minimum absolute atomic E-state index is 0.0244. The summed E-state index contributed by atoms with van der Waals surface area (Å²) < 4.78 is 13.2. The van der Waals surface area contributed by atoms with E-state index >= 15 is 0 Å². The number of aromatic nitrogens is 1. The van der Waals surface area contributed by atoms with Gasteiger partial charge < -0.3 is 21.6 Å². The number of hydrogen-bond acceptors (Lipinski definition) is 3. The lowest BCUT2D eigenvalue weighted by Crippen LogP contribution is -2.22. The van der Waals surface area contributed by atoms with Gasteiger partial charge in [0.2, 0.25) is 0 Å². The maximum absolute atomic E-state index is 13.2. The summed E-state index contributed by atoms with van der Waals surface area (Å²) >= 11 is 0. The largest absolute Gasteiger partial charge is 0.507 e. The Morgan fingerprint density at radius 1 is 1.25 bits per heavy atom. The molecule has 0 radical (unpaired) electrons. The van der Waals surface area contributed by atoms with Crippen LogP contribution in [0.4, 0.5) is 15.0 Å². The molecule has 3 amide bonds. The number of phenols is 1. The molecule has 104 valence electrons. The zero-order valence-electron chi connectivity index (χ0n) is 10.1. The fourth-order valence-corrected chi connectivity index (χ4v) is 1.74. The number of aromatic amines is 1. The third-order valence-corrected chi connectivity index (χ3v) is 2.58. The van der Waals surface area contributed by atoms with Crippen LogP contribution in [0, 0.1) is 5.82 Å². The minimum atomic E-state index is -0.899. The van der Waals surface area contributed by atoms with E-state index in [1.54, 1.807) is 0 Å². The third kappa shape index (κ3) is 2.53. The lowest BCUT2D eigenvalue weighted by Gasteiger charge is -2.02. The number of carbonyl (C=O) groups is 2. The number of H-pyrrole nitrogens is 1. The van der Waals surface area contributed by atoms with Gasteiger partial charge in [0.05, 0.1) is 11.3 Å². The first-order chi connectivity index (χ1) is 9.38. The van der Waals surface area contributed by atoms with E-state index in [2.05, 4.69) is 10.3 Å². The fraction of sp³-hybridized carbons (Fsp3) is 0. The number of halogens is 1. The zero-order valence-corrected chi connectivity index (χ0v) is 10.1. The molecular weight excluding hydrogens is 267 g/mol. The van der Waals surface area contributed by atoms with Crippen LogP contribution >= 0.6 is 0 Å². The van der Waals surface area contributed by atoms with Gasteiger partial charge in [-0.1, -0.05) is 0 Å². The van der Waals surface area contributed by atoms with E-state index in [0.29, 0.717) is 0 Å². The Morgan fingerprint density at radius 3 is 2.55 bits per heavy atom. The van der Waals surface area contributed by atoms with Crippen LogP contribution in [0.15, 0.2) is 24.3 Å². The van der Waals surface area contributed by atoms with Gasteiger partial charge in [0, 0.05) is 5.56 Å². The molecule has 2 aromatic rings. The summed E-state index contributed by atoms with van der Waals surface area (Å²) in [7, 11) is 0. The number of rotatable bonds is 3. The molecule has 7 N–H and O–H groups in total. The second kappa shape index (κ2) is 4.92. The SMILES string of the molecule is NC(=O)Nc1[nH]c(-c2cc(F)ccc2O)cc1C(N)=O. The lowest BCUT2D eigenvalue weighted by molar-refractivity contribution is 0.100. The van der Waals surface area contributed by atoms with Crippen LogP contribution in [-0.4, -0.2) is 22.0 Å². The Hall–Kier alpha value is -3.03. The van der Waals surface area contributed by atoms with E-state index in [1.807, 2.05) is 0 Å². The van der Waals surface area contributed by atoms with Gasteiger partial charge in [-0.05, 0) is 24.3 Å². The molecule has 7 nitrogen and oxygen atoms in total. The highest BCUT2D eigenvalue weighted by molar-refractivity contribution is 6.03. The summed E-state index contributed by atoms with van der Waals surface area (Å²) in [6.45, 7) is 0. The zero-order chi connectivity index (χ0) is 14.9. The standard InChI is InChI=1S/C12H11FN4O3/c13-5-1-2-9(18)6(3-5)8-4-7(10(14)19)11(16-8)17-12(15)20/h1-4,16,18H,(H2,14,19)(H3,15,17,20). The average molecular weight is 278 g/mol. The second-order valence-corrected chi connectivity index (χ2v) is 3.99. The topological polar surface area (TPSA) is 134 Å². The van der Waals surface area contributed by atoms with Gasteiger partial charge in [0.15, 0.2) is 0 Å². The highest BCUT2D eigenvalue weighted by atomic mass is 19.1. The van der Waals surface area contributed by atoms with Crippen molar-refractivity contribution in [1.29, 1.82) is 0 Å². The molecule has 1 heterocycles. The number of nitrogens with one attached hydrogen (secondary N) is 2. The van der Waals surface area contributed by atoms with E-state index in [1.165, 1.54) is 6.07 Å². The molecule has 1 aromatic carbocycles. The predicted molar refractivity (Wildman–Crippen MR) is 69.6 cm³/mol. The van der Waals surface area contributed by atoms with Crippen molar-refractivity contribution >= 4 is 17.8 Å². The molecule has 0 saturated heterocycles. The smallest absolute Gasteiger partial charge is 0.317 e. The first-order valence-electron chi connectivity index (χ1n) is 5.46. The number of amides is 3. The molecule has 0 spiro atoms. The van der Waals surface area contributed by atoms with Gasteiger partial charge in [-0.2, -0.15) is 0 Å². The number of carbonyl (C=O) groups excluding carboxylic acids is 2. The maximum Gasteiger partial charge on any atom is 0.317 e. The van der Waals surface area contributed by atoms with Crippen LogP contribution in [0.5, 0.6) is 5.75 Å². The van der Waals surface area contributed by atoms with Gasteiger partial charge in [-0.15, -0.1) is 0 Å². The summed E-state index contributed by atoms with van der Waals surface area (Å²) in [4.78, 5) is 24.8. The molecule has 0 fully saturated rings. The number of urea groups is 1. The molecule has 0 saturated carbocycles. The van der Waals surface area contributed by atoms with Crippen molar-refractivity contribution in [2.75, 3.05) is 5.32 Å². The molecule has 0 aliphatic carbocycles. The Bertz CT molecular complexity index is 696. The Balaban J connectivity index is 2.55. The van der Waals surface area contributed by atoms with E-state index in [4.69, 9.17) is 11.5 Å². The Morgan fingerprint density at radius 2 is 1.95 bits per heavy atom. The molecule has 0 bridgehead atoms. The molecule has 0 atom stereocenters. The van der Waals surface area contributed by atoms with Crippen LogP contribution < -0.4 is 16.8 Å². The molecule has 0 unspecified atom stereocenters. The third-order valence-electron chi connectivity index (χ3n) is 2.58. The van der Waals surface area contributed by atoms with E-state index < -0.39 is 17.8 Å². The van der Waals surface area contributed by atoms with Crippen LogP contribution in [0.25, 0.3) is 11.3 Å². The normalized spacial score (nSPS) is 10.2. The van der Waals surface area contributed by atoms with Gasteiger partial charge in [0.25, 0.3) is 5.91 Å². The molecular formula is C12H11FN4O3. The summed E-state index contributed by atoms with van der Waals surface area (Å²) in [5, 5.41) is 11.9. The highest BCUT2D eigenvalue weighted by Gasteiger charge is 2.17. The number of aromatic hydroxyl groups is 1. The first-order valence-corrected chi connectivity index (χ1v) is 5.46. The number of primary amides is 2. The summed E-state index contributed by atoms with van der Waals surface area (Å²) in [5.41, 5.74) is 10.4. The van der Waals surface area contributed by atoms with Crippen molar-refractivity contribution in [3.05, 3.63) is 35.6 Å². The van der Waals surface area contributed by atoms with Crippen molar-refractivity contribution in [3.8, 4) is 17.0 Å². The summed E-state index contributed by atoms with van der Waals surface area (Å²) in [6.07, 6.45) is 0. The minimum Gasteiger partial charge on any atom is -0.507 e. The van der Waals surface area contributed by atoms with E-state index in [-0.39, 0.29) is 28.4 Å². The second-order valence-electron chi connectivity index (χ2n) is 3.99. The quantitative estimate of drug-likeness (QED) is 0.575. The summed E-state index contributed by atoms with van der Waals surface area (Å²) in [6, 6.07) is 3.70. The van der Waals surface area contributed by atoms with Crippen LogP contribution in [-0.2, 0) is 0 Å². The number of benzene rings is 1. The van der Waals surface area contributed by atoms with Gasteiger partial charge in [-0.3, -0.25) is 10.1 Å². The van der Waals surface area contributed by atoms with Crippen molar-refractivity contribution in [2.24, 2.45) is 11.5 Å². The fourth-order valence-electron chi connectivity index (χ4n) is 1.74. The summed E-state index contributed by atoms with van der Waals surface area (Å²) in [5.74, 6) is -1.61. The van der Waals surface area contributed by atoms with Gasteiger partial charge in [-0.25, -0.2) is 9.18 Å². The predicted octanol–water partition coefficient (Wildman–Crippen LogP) is 1.12. The van der Waals surface area contributed by atoms with Crippen molar-refractivity contribution < 1.29 is 19.1 Å². The number of phenolic OH excluding ortho intramolecular Hbond substituents is 1. The molecule has 8 heteroatoms. The molecule has 0 aliphatic rings. The lowest BCUT2D eigenvalue weighted by atomic mass is 10.1. The Kier molecular flexibility index (Phi) is 3.30. The maximum atomic E-state index is 13.2. The monoisotopic (exact) mass is 278 g/mol. The Labute approximate surface area is 112 Å². The van der Waals surface area contributed by atoms with Crippen molar-refractivity contribution in [3.63, 3.8) is 0 Å². The van der Waals surface area contributed by atoms with Crippen LogP contribution in [0.3, 0.4) is 0 Å². The van der Waals surface area contributed by atoms with E-state index in [0.717, 1.165) is 18.2 Å². The van der Waals surface area contributed by atoms with Gasteiger partial charge in [0.1, 0.15) is 17.4 Å². The number of nitrogens with two attached hydrogens (primary N) is 2. The molecule has 2 rings (SSSR count). The molecule has 1 aromatic heterocycles. The average Bonchev–Trinajstić information content (AvgIpc) is 2.75. The van der Waals surface area contributed by atoms with E-state index in [9.17, 15) is 19.1 Å². The van der Waals surface area contributed by atoms with Crippen LogP contribution in [0.1, 0.15) is 10.4 Å². The number of hydrogen-bond donors (Lipinski definition) is 5. The van der Waals surface area contributed by atoms with Crippen LogP contribution in [0.2, 0.25) is 0 Å². The van der Waals surface area contributed by atoms with Crippen molar-refractivity contribution in [2.45, 2.75) is 0 Å². The number of anilines is 1. The molecule has 0 aliphatic heterocycles. The van der Waals surface area contributed by atoms with Crippen molar-refractivity contribution in [1.82, 2.24) is 4.98 Å². The van der Waals surface area contributed by atoms with Gasteiger partial charge >= 0.3 is 6.03 Å². The molecule has 20 heavy (non-hydrogen) atoms. The first kappa shape index (κ1) is 13.4. The highest BCUT2D eigenvalue weighted by Crippen LogP contribution is 2.31.